The van der Waals surface area contributed by atoms with Crippen LogP contribution in [0.1, 0.15) is 64.2 Å². The number of ether oxygens (including phenoxy) is 3. The number of aromatic nitrogens is 4. The second-order valence-corrected chi connectivity index (χ2v) is 15.2. The lowest BCUT2D eigenvalue weighted by Gasteiger charge is -2.38. The highest BCUT2D eigenvalue weighted by molar-refractivity contribution is 7.43. The van der Waals surface area contributed by atoms with Crippen LogP contribution in [0.3, 0.4) is 0 Å². The summed E-state index contributed by atoms with van der Waals surface area (Å²) < 4.78 is 27.0. The molecule has 0 saturated carbocycles. The molecule has 0 spiro atoms. The summed E-state index contributed by atoms with van der Waals surface area (Å²) in [6.45, 7) is 10.9. The fourth-order valence-corrected chi connectivity index (χ4v) is 7.46. The number of hydrogen-bond donors (Lipinski definition) is 2. The molecule has 5 rings (SSSR count). The highest BCUT2D eigenvalue weighted by atomic mass is 31.2. The number of fused-ring (bicyclic) bond motifs is 1. The van der Waals surface area contributed by atoms with E-state index in [0.717, 1.165) is 28.2 Å². The van der Waals surface area contributed by atoms with Crippen molar-refractivity contribution in [3.05, 3.63) is 112 Å². The number of methoxy groups -OCH3 is 2. The lowest BCUT2D eigenvalue weighted by Crippen LogP contribution is -2.36. The molecule has 57 heavy (non-hydrogen) atoms. The van der Waals surface area contributed by atoms with Crippen LogP contribution in [0.2, 0.25) is 0 Å². The van der Waals surface area contributed by atoms with Gasteiger partial charge in [-0.2, -0.15) is 10.2 Å². The Morgan fingerprint density at radius 3 is 2.00 bits per heavy atom. The van der Waals surface area contributed by atoms with Crippen molar-refractivity contribution in [1.29, 1.82) is 5.26 Å². The smallest absolute Gasteiger partial charge is 0.280 e. The summed E-state index contributed by atoms with van der Waals surface area (Å²) in [6, 6.07) is 28.6. The second kappa shape index (κ2) is 21.4. The highest BCUT2D eigenvalue weighted by Crippen LogP contribution is 2.43. The zero-order valence-corrected chi connectivity index (χ0v) is 35.2. The Morgan fingerprint density at radius 2 is 1.49 bits per heavy atom. The number of aromatic amines is 1. The van der Waals surface area contributed by atoms with E-state index in [4.69, 9.17) is 24.0 Å². The molecule has 304 valence electrons. The number of aliphatic imine (C=N–C) groups is 1. The fourth-order valence-electron chi connectivity index (χ4n) is 6.28. The molecule has 0 bridgehead atoms. The minimum atomic E-state index is -1.55. The van der Waals surface area contributed by atoms with Gasteiger partial charge in [0.15, 0.2) is 11.2 Å². The Hall–Kier alpha value is -5.16. The zero-order chi connectivity index (χ0) is 41.5. The molecule has 0 aliphatic carbocycles. The maximum absolute atomic E-state index is 12.6. The number of imidazole rings is 1. The third-order valence-electron chi connectivity index (χ3n) is 8.88. The normalized spacial score (nSPS) is 12.8. The quantitative estimate of drug-likeness (QED) is 0.0299. The first kappa shape index (κ1) is 44.6. The molecule has 2 heterocycles. The molecule has 2 aromatic heterocycles. The Kier molecular flexibility index (Phi) is 16.7. The molecule has 2 atom stereocenters. The first-order valence-corrected chi connectivity index (χ1v) is 20.0. The lowest BCUT2D eigenvalue weighted by molar-refractivity contribution is -0.0433. The number of H-pyrrole nitrogens is 1. The predicted octanol–water partition coefficient (Wildman–Crippen LogP) is 7.40. The van der Waals surface area contributed by atoms with Gasteiger partial charge in [-0.3, -0.25) is 9.78 Å². The minimum absolute atomic E-state index is 0.222. The summed E-state index contributed by atoms with van der Waals surface area (Å²) in [4.78, 5) is 39.9. The number of aryl methyl sites for hydroxylation is 1. The topological polar surface area (TPSA) is 163 Å². The average Bonchev–Trinajstić information content (AvgIpc) is 3.62. The van der Waals surface area contributed by atoms with Crippen molar-refractivity contribution in [2.24, 2.45) is 4.99 Å². The van der Waals surface area contributed by atoms with Gasteiger partial charge >= 0.3 is 0 Å². The van der Waals surface area contributed by atoms with Gasteiger partial charge in [0.2, 0.25) is 5.95 Å². The van der Waals surface area contributed by atoms with Crippen molar-refractivity contribution in [1.82, 2.24) is 29.1 Å². The molecule has 14 nitrogen and oxygen atoms in total. The summed E-state index contributed by atoms with van der Waals surface area (Å²) in [5.74, 6) is 1.74. The average molecular weight is 799 g/mol. The molecule has 15 heteroatoms. The number of nitriles is 1. The van der Waals surface area contributed by atoms with Gasteiger partial charge in [-0.25, -0.2) is 14.6 Å². The van der Waals surface area contributed by atoms with Crippen LogP contribution in [0, 0.1) is 11.3 Å². The molecule has 0 aliphatic heterocycles. The fraction of sp³-hybridized carbons (Fsp3) is 0.405. The first-order valence-electron chi connectivity index (χ1n) is 18.8. The van der Waals surface area contributed by atoms with Gasteiger partial charge in [-0.05, 0) is 82.0 Å². The number of nitrogens with zero attached hydrogens (tertiary/aromatic N) is 7. The van der Waals surface area contributed by atoms with Crippen LogP contribution in [0.25, 0.3) is 11.2 Å². The number of benzene rings is 3. The van der Waals surface area contributed by atoms with Gasteiger partial charge < -0.3 is 33.1 Å². The Balaban J connectivity index is 0.000000439. The van der Waals surface area contributed by atoms with E-state index in [-0.39, 0.29) is 35.2 Å². The number of nitrogens with one attached hydrogen (secondary N) is 1. The van der Waals surface area contributed by atoms with E-state index in [1.807, 2.05) is 124 Å². The van der Waals surface area contributed by atoms with Crippen LogP contribution in [-0.2, 0) is 21.4 Å². The Morgan fingerprint density at radius 1 is 0.930 bits per heavy atom. The number of hydrogen-bond acceptors (Lipinski definition) is 11. The van der Waals surface area contributed by atoms with Gasteiger partial charge in [0.1, 0.15) is 17.1 Å². The van der Waals surface area contributed by atoms with Crippen LogP contribution < -0.4 is 15.0 Å². The van der Waals surface area contributed by atoms with Gasteiger partial charge in [0.05, 0.1) is 52.1 Å². The molecule has 5 aromatic rings. The molecule has 0 amide bonds. The summed E-state index contributed by atoms with van der Waals surface area (Å²) in [5, 5.41) is 8.32. The van der Waals surface area contributed by atoms with Gasteiger partial charge in [-0.1, -0.05) is 54.6 Å². The maximum atomic E-state index is 12.6. The van der Waals surface area contributed by atoms with E-state index in [1.54, 1.807) is 31.8 Å². The van der Waals surface area contributed by atoms with Gasteiger partial charge in [0.25, 0.3) is 14.1 Å². The molecule has 0 fully saturated rings. The van der Waals surface area contributed by atoms with Crippen LogP contribution in [-0.4, -0.2) is 93.4 Å². The summed E-state index contributed by atoms with van der Waals surface area (Å²) >= 11 is 0. The summed E-state index contributed by atoms with van der Waals surface area (Å²) in [6.07, 6.45) is 3.94. The van der Waals surface area contributed by atoms with Crippen LogP contribution in [0.15, 0.2) is 95.0 Å². The van der Waals surface area contributed by atoms with Crippen molar-refractivity contribution in [2.45, 2.75) is 77.8 Å². The van der Waals surface area contributed by atoms with E-state index in [2.05, 4.69) is 39.0 Å². The minimum Gasteiger partial charge on any atom is -0.497 e. The molecule has 0 saturated heterocycles. The van der Waals surface area contributed by atoms with E-state index in [9.17, 15) is 9.69 Å². The van der Waals surface area contributed by atoms with Crippen molar-refractivity contribution >= 4 is 32.0 Å². The maximum Gasteiger partial charge on any atom is 0.280 e. The highest BCUT2D eigenvalue weighted by Gasteiger charge is 2.39. The molecule has 3 aromatic carbocycles. The summed E-state index contributed by atoms with van der Waals surface area (Å²) in [7, 11) is 5.45. The third-order valence-corrected chi connectivity index (χ3v) is 10.6. The van der Waals surface area contributed by atoms with Crippen molar-refractivity contribution in [3.63, 3.8) is 0 Å². The SMILES string of the molecule is CC(C)N(C(C)C)P(O)OCCC#N.COc1ccc(C(OC(C)CCn2cnc3c(=O)[nH]c(/N=C/N(C)C)nc32)(c2ccccc2)c2ccc(OC)cc2)cc1. The molecule has 0 radical (unpaired) electrons. The molecule has 0 aliphatic rings. The Bertz CT molecular complexity index is 2040. The number of rotatable bonds is 18. The van der Waals surface area contributed by atoms with Gasteiger partial charge in [0, 0.05) is 32.7 Å². The monoisotopic (exact) mass is 798 g/mol. The zero-order valence-electron chi connectivity index (χ0n) is 34.3. The standard InChI is InChI=1S/C33H36N6O4.C9H19N2O2P/c1-23(19-20-39-22-34-29-30(39)36-32(37-31(29)40)35-21-38(2)3)43-33(24-9-7-6-8-10-24,25-11-15-27(41-4)16-12-25)26-13-17-28(42-5)18-14-26;1-8(2)11(9(3)4)14(12)13-7-5-6-10/h6-18,21-23H,19-20H2,1-5H3,(H,36,37,40);8-9,12H,5,7H2,1-4H3/b35-21+;. The van der Waals surface area contributed by atoms with Crippen molar-refractivity contribution < 1.29 is 23.6 Å². The lowest BCUT2D eigenvalue weighted by atomic mass is 9.79. The van der Waals surface area contributed by atoms with E-state index < -0.39 is 14.1 Å². The largest absolute Gasteiger partial charge is 0.497 e. The molecular formula is C42H55N8O6P. The van der Waals surface area contributed by atoms with Crippen LogP contribution >= 0.6 is 8.53 Å². The van der Waals surface area contributed by atoms with Crippen LogP contribution in [0.5, 0.6) is 11.5 Å². The first-order chi connectivity index (χ1) is 27.3. The van der Waals surface area contributed by atoms with E-state index in [0.29, 0.717) is 31.6 Å². The third kappa shape index (κ3) is 11.7. The van der Waals surface area contributed by atoms with E-state index >= 15 is 0 Å². The molecular weight excluding hydrogens is 743 g/mol. The van der Waals surface area contributed by atoms with Gasteiger partial charge in [-0.15, -0.1) is 0 Å². The molecule has 2 N–H and O–H groups in total. The Labute approximate surface area is 336 Å². The molecule has 2 unspecified atom stereocenters. The van der Waals surface area contributed by atoms with E-state index in [1.165, 1.54) is 0 Å². The van der Waals surface area contributed by atoms with Crippen molar-refractivity contribution in [3.8, 4) is 17.6 Å². The second-order valence-electron chi connectivity index (χ2n) is 14.0. The predicted molar refractivity (Wildman–Crippen MR) is 225 cm³/mol. The van der Waals surface area contributed by atoms with Crippen molar-refractivity contribution in [2.75, 3.05) is 34.9 Å². The summed E-state index contributed by atoms with van der Waals surface area (Å²) in [5.41, 5.74) is 2.39. The van der Waals surface area contributed by atoms with Crippen LogP contribution in [0.4, 0.5) is 5.95 Å².